The van der Waals surface area contributed by atoms with E-state index in [1.165, 1.54) is 16.7 Å². The van der Waals surface area contributed by atoms with Crippen molar-refractivity contribution in [1.82, 2.24) is 4.57 Å². The summed E-state index contributed by atoms with van der Waals surface area (Å²) in [6.45, 7) is 0. The summed E-state index contributed by atoms with van der Waals surface area (Å²) >= 11 is 5.94. The minimum absolute atomic E-state index is 0.0229. The number of non-ortho nitro benzene ring substituents is 1. The van der Waals surface area contributed by atoms with Crippen LogP contribution in [0, 0.1) is 10.1 Å². The zero-order valence-corrected chi connectivity index (χ0v) is 14.3. The van der Waals surface area contributed by atoms with Crippen LogP contribution >= 0.6 is 11.6 Å². The van der Waals surface area contributed by atoms with Crippen molar-refractivity contribution in [2.45, 2.75) is 12.8 Å². The average molecular weight is 372 g/mol. The minimum atomic E-state index is -0.572. The van der Waals surface area contributed by atoms with Gasteiger partial charge < -0.3 is 5.32 Å². The van der Waals surface area contributed by atoms with Crippen molar-refractivity contribution in [2.75, 3.05) is 5.32 Å². The molecule has 132 valence electrons. The normalized spacial score (nSPS) is 10.7. The van der Waals surface area contributed by atoms with Crippen LogP contribution in [0.15, 0.2) is 54.7 Å². The number of anilines is 1. The Morgan fingerprint density at radius 2 is 1.88 bits per heavy atom. The highest BCUT2D eigenvalue weighted by atomic mass is 35.5. The molecule has 0 aliphatic heterocycles. The largest absolute Gasteiger partial charge is 0.325 e. The monoisotopic (exact) mass is 371 g/mol. The van der Waals surface area contributed by atoms with E-state index in [0.29, 0.717) is 0 Å². The van der Waals surface area contributed by atoms with Gasteiger partial charge in [-0.2, -0.15) is 0 Å². The third-order valence-electron chi connectivity index (χ3n) is 3.87. The first-order valence-electron chi connectivity index (χ1n) is 7.79. The molecule has 0 radical (unpaired) electrons. The van der Waals surface area contributed by atoms with E-state index >= 15 is 0 Å². The number of nitro groups is 1. The van der Waals surface area contributed by atoms with Crippen LogP contribution < -0.4 is 5.32 Å². The van der Waals surface area contributed by atoms with Crippen LogP contribution in [-0.2, 0) is 4.79 Å². The number of fused-ring (bicyclic) bond motifs is 1. The number of hydrogen-bond acceptors (Lipinski definition) is 4. The Hall–Kier alpha value is -3.19. The van der Waals surface area contributed by atoms with Crippen LogP contribution in [0.2, 0.25) is 5.02 Å². The smallest absolute Gasteiger partial charge is 0.271 e. The van der Waals surface area contributed by atoms with Gasteiger partial charge in [-0.05, 0) is 18.2 Å². The third kappa shape index (κ3) is 3.73. The lowest BCUT2D eigenvalue weighted by Crippen LogP contribution is -2.16. The molecule has 8 heteroatoms. The van der Waals surface area contributed by atoms with E-state index in [1.54, 1.807) is 6.20 Å². The molecule has 0 fully saturated rings. The first-order chi connectivity index (χ1) is 12.5. The number of para-hydroxylation sites is 1. The maximum absolute atomic E-state index is 12.3. The molecule has 0 saturated heterocycles. The maximum atomic E-state index is 12.3. The van der Waals surface area contributed by atoms with Gasteiger partial charge in [0, 0.05) is 36.6 Å². The summed E-state index contributed by atoms with van der Waals surface area (Å²) < 4.78 is 1.52. The number of nitrogens with zero attached hydrogens (tertiary/aromatic N) is 2. The minimum Gasteiger partial charge on any atom is -0.325 e. The van der Waals surface area contributed by atoms with Gasteiger partial charge in [0.2, 0.25) is 11.8 Å². The fourth-order valence-corrected chi connectivity index (χ4v) is 2.80. The van der Waals surface area contributed by atoms with E-state index < -0.39 is 10.8 Å². The number of benzene rings is 2. The highest BCUT2D eigenvalue weighted by Gasteiger charge is 2.14. The summed E-state index contributed by atoms with van der Waals surface area (Å²) in [6, 6.07) is 13.1. The molecule has 0 bridgehead atoms. The van der Waals surface area contributed by atoms with Crippen molar-refractivity contribution >= 4 is 45.7 Å². The molecule has 1 amide bonds. The maximum Gasteiger partial charge on any atom is 0.271 e. The van der Waals surface area contributed by atoms with E-state index in [0.717, 1.165) is 17.0 Å². The molecular formula is C18H14ClN3O4. The highest BCUT2D eigenvalue weighted by molar-refractivity contribution is 6.34. The average Bonchev–Trinajstić information content (AvgIpc) is 3.05. The van der Waals surface area contributed by atoms with Crippen molar-refractivity contribution in [3.05, 3.63) is 69.9 Å². The second-order valence-corrected chi connectivity index (χ2v) is 6.01. The summed E-state index contributed by atoms with van der Waals surface area (Å²) in [6.07, 6.45) is 1.67. The van der Waals surface area contributed by atoms with Crippen molar-refractivity contribution in [3.8, 4) is 0 Å². The number of rotatable bonds is 5. The molecule has 1 N–H and O–H groups in total. The van der Waals surface area contributed by atoms with Crippen molar-refractivity contribution in [2.24, 2.45) is 0 Å². The molecule has 7 nitrogen and oxygen atoms in total. The van der Waals surface area contributed by atoms with Crippen LogP contribution in [0.4, 0.5) is 11.4 Å². The Labute approximate surface area is 153 Å². The SMILES string of the molecule is O=C(CCC(=O)n1ccc2ccccc21)Nc1ccc([N+](=O)[O-])cc1Cl. The van der Waals surface area contributed by atoms with Crippen LogP contribution in [0.25, 0.3) is 10.9 Å². The molecule has 0 aliphatic carbocycles. The van der Waals surface area contributed by atoms with Gasteiger partial charge in [-0.1, -0.05) is 29.8 Å². The second-order valence-electron chi connectivity index (χ2n) is 5.61. The van der Waals surface area contributed by atoms with E-state index in [2.05, 4.69) is 5.32 Å². The van der Waals surface area contributed by atoms with E-state index in [4.69, 9.17) is 11.6 Å². The van der Waals surface area contributed by atoms with Crippen LogP contribution in [0.5, 0.6) is 0 Å². The molecule has 1 aromatic heterocycles. The molecule has 1 heterocycles. The number of nitro benzene ring substituents is 1. The molecule has 0 aliphatic rings. The topological polar surface area (TPSA) is 94.2 Å². The van der Waals surface area contributed by atoms with Crippen molar-refractivity contribution in [1.29, 1.82) is 0 Å². The summed E-state index contributed by atoms with van der Waals surface area (Å²) in [5.41, 5.74) is 0.889. The Morgan fingerprint density at radius 3 is 2.62 bits per heavy atom. The lowest BCUT2D eigenvalue weighted by molar-refractivity contribution is -0.384. The van der Waals surface area contributed by atoms with Crippen LogP contribution in [-0.4, -0.2) is 21.3 Å². The summed E-state index contributed by atoms with van der Waals surface area (Å²) in [5, 5.41) is 14.3. The van der Waals surface area contributed by atoms with E-state index in [9.17, 15) is 19.7 Å². The molecule has 0 unspecified atom stereocenters. The number of hydrogen-bond donors (Lipinski definition) is 1. The summed E-state index contributed by atoms with van der Waals surface area (Å²) in [7, 11) is 0. The lowest BCUT2D eigenvalue weighted by Gasteiger charge is -2.07. The fourth-order valence-electron chi connectivity index (χ4n) is 2.57. The predicted molar refractivity (Wildman–Crippen MR) is 98.5 cm³/mol. The molecule has 0 spiro atoms. The number of amides is 1. The van der Waals surface area contributed by atoms with Crippen LogP contribution in [0.3, 0.4) is 0 Å². The number of carbonyl (C=O) groups is 2. The first kappa shape index (κ1) is 17.6. The Morgan fingerprint density at radius 1 is 1.12 bits per heavy atom. The molecule has 0 atom stereocenters. The standard InChI is InChI=1S/C18H14ClN3O4/c19-14-11-13(22(25)26)5-6-15(14)20-17(23)7-8-18(24)21-10-9-12-3-1-2-4-16(12)21/h1-6,9-11H,7-8H2,(H,20,23). The molecule has 3 rings (SSSR count). The zero-order chi connectivity index (χ0) is 18.7. The summed E-state index contributed by atoms with van der Waals surface area (Å²) in [5.74, 6) is -0.596. The van der Waals surface area contributed by atoms with Gasteiger partial charge in [-0.3, -0.25) is 24.3 Å². The first-order valence-corrected chi connectivity index (χ1v) is 8.16. The number of aromatic nitrogens is 1. The molecule has 2 aromatic carbocycles. The fraction of sp³-hybridized carbons (Fsp3) is 0.111. The second kappa shape index (κ2) is 7.37. The predicted octanol–water partition coefficient (Wildman–Crippen LogP) is 4.26. The van der Waals surface area contributed by atoms with E-state index in [1.807, 2.05) is 30.3 Å². The molecule has 0 saturated carbocycles. The quantitative estimate of drug-likeness (QED) is 0.535. The summed E-state index contributed by atoms with van der Waals surface area (Å²) in [4.78, 5) is 34.5. The molecular weight excluding hydrogens is 358 g/mol. The third-order valence-corrected chi connectivity index (χ3v) is 4.18. The Bertz CT molecular complexity index is 1010. The Kier molecular flexibility index (Phi) is 4.99. The number of nitrogens with one attached hydrogen (secondary N) is 1. The lowest BCUT2D eigenvalue weighted by atomic mass is 10.2. The van der Waals surface area contributed by atoms with Gasteiger partial charge in [0.15, 0.2) is 0 Å². The molecule has 26 heavy (non-hydrogen) atoms. The van der Waals surface area contributed by atoms with Gasteiger partial charge in [0.1, 0.15) is 0 Å². The number of halogens is 1. The van der Waals surface area contributed by atoms with E-state index in [-0.39, 0.29) is 35.1 Å². The van der Waals surface area contributed by atoms with Gasteiger partial charge >= 0.3 is 0 Å². The van der Waals surface area contributed by atoms with Crippen molar-refractivity contribution < 1.29 is 14.5 Å². The van der Waals surface area contributed by atoms with Crippen LogP contribution in [0.1, 0.15) is 17.6 Å². The van der Waals surface area contributed by atoms with Gasteiger partial charge in [0.25, 0.3) is 5.69 Å². The number of carbonyl (C=O) groups excluding carboxylic acids is 2. The highest BCUT2D eigenvalue weighted by Crippen LogP contribution is 2.26. The van der Waals surface area contributed by atoms with Gasteiger partial charge in [0.05, 0.1) is 21.2 Å². The van der Waals surface area contributed by atoms with Gasteiger partial charge in [-0.25, -0.2) is 0 Å². The van der Waals surface area contributed by atoms with Crippen molar-refractivity contribution in [3.63, 3.8) is 0 Å². The van der Waals surface area contributed by atoms with Gasteiger partial charge in [-0.15, -0.1) is 0 Å². The zero-order valence-electron chi connectivity index (χ0n) is 13.5. The molecule has 3 aromatic rings. The Balaban J connectivity index is 1.62.